The summed E-state index contributed by atoms with van der Waals surface area (Å²) in [6.07, 6.45) is 1.72. The number of sulfone groups is 1. The Morgan fingerprint density at radius 2 is 1.83 bits per heavy atom. The molecule has 0 radical (unpaired) electrons. The first-order chi connectivity index (χ1) is 11.3. The monoisotopic (exact) mass is 346 g/mol. The standard InChI is InChI=1S/C16H14N2O5S/c1-24(22,23)14-6-3-12(4-7-14)16(19)17-9-8-11-2-5-13(18(20)21)10-15(11)17/h2-7,10H,8-9H2,1H3. The van der Waals surface area contributed by atoms with Crippen molar-refractivity contribution in [1.82, 2.24) is 0 Å². The van der Waals surface area contributed by atoms with Gasteiger partial charge in [0.1, 0.15) is 0 Å². The molecule has 2 aromatic carbocycles. The number of benzene rings is 2. The molecule has 0 N–H and O–H groups in total. The van der Waals surface area contributed by atoms with Crippen molar-refractivity contribution in [2.24, 2.45) is 0 Å². The molecular weight excluding hydrogens is 332 g/mol. The van der Waals surface area contributed by atoms with E-state index in [1.807, 2.05) is 0 Å². The Morgan fingerprint density at radius 3 is 2.42 bits per heavy atom. The first-order valence-electron chi connectivity index (χ1n) is 7.16. The van der Waals surface area contributed by atoms with Crippen molar-refractivity contribution in [3.63, 3.8) is 0 Å². The van der Waals surface area contributed by atoms with Crippen LogP contribution in [0.1, 0.15) is 15.9 Å². The zero-order chi connectivity index (χ0) is 17.5. The van der Waals surface area contributed by atoms with Crippen molar-refractivity contribution in [3.8, 4) is 0 Å². The van der Waals surface area contributed by atoms with Crippen LogP contribution in [0.2, 0.25) is 0 Å². The SMILES string of the molecule is CS(=O)(=O)c1ccc(C(=O)N2CCc3ccc([N+](=O)[O-])cc32)cc1. The predicted molar refractivity (Wildman–Crippen MR) is 88.0 cm³/mol. The summed E-state index contributed by atoms with van der Waals surface area (Å²) < 4.78 is 23.0. The van der Waals surface area contributed by atoms with Crippen LogP contribution in [0.4, 0.5) is 11.4 Å². The van der Waals surface area contributed by atoms with Gasteiger partial charge in [-0.2, -0.15) is 0 Å². The Morgan fingerprint density at radius 1 is 1.17 bits per heavy atom. The number of fused-ring (bicyclic) bond motifs is 1. The highest BCUT2D eigenvalue weighted by Gasteiger charge is 2.27. The number of hydrogen-bond acceptors (Lipinski definition) is 5. The Balaban J connectivity index is 1.93. The molecule has 0 fully saturated rings. The maximum Gasteiger partial charge on any atom is 0.271 e. The number of nitro groups is 1. The van der Waals surface area contributed by atoms with Crippen LogP contribution in [-0.2, 0) is 16.3 Å². The van der Waals surface area contributed by atoms with E-state index in [2.05, 4.69) is 0 Å². The van der Waals surface area contributed by atoms with Gasteiger partial charge in [-0.1, -0.05) is 6.07 Å². The van der Waals surface area contributed by atoms with Gasteiger partial charge >= 0.3 is 0 Å². The van der Waals surface area contributed by atoms with E-state index in [1.54, 1.807) is 6.07 Å². The minimum absolute atomic E-state index is 0.0686. The molecule has 0 saturated heterocycles. The van der Waals surface area contributed by atoms with Crippen molar-refractivity contribution in [2.45, 2.75) is 11.3 Å². The predicted octanol–water partition coefficient (Wildman–Crippen LogP) is 2.20. The first-order valence-corrected chi connectivity index (χ1v) is 9.06. The van der Waals surface area contributed by atoms with E-state index in [0.717, 1.165) is 11.8 Å². The van der Waals surface area contributed by atoms with Crippen molar-refractivity contribution in [2.75, 3.05) is 17.7 Å². The van der Waals surface area contributed by atoms with E-state index in [4.69, 9.17) is 0 Å². The zero-order valence-electron chi connectivity index (χ0n) is 12.8. The number of nitrogens with zero attached hydrogens (tertiary/aromatic N) is 2. The fourth-order valence-electron chi connectivity index (χ4n) is 2.69. The summed E-state index contributed by atoms with van der Waals surface area (Å²) in [5.41, 5.74) is 1.67. The number of non-ortho nitro benzene ring substituents is 1. The molecule has 3 rings (SSSR count). The van der Waals surface area contributed by atoms with Crippen molar-refractivity contribution < 1.29 is 18.1 Å². The summed E-state index contributed by atoms with van der Waals surface area (Å²) in [4.78, 5) is 24.7. The quantitative estimate of drug-likeness (QED) is 0.627. The van der Waals surface area contributed by atoms with Crippen molar-refractivity contribution in [3.05, 3.63) is 63.7 Å². The van der Waals surface area contributed by atoms with E-state index in [-0.39, 0.29) is 16.5 Å². The molecule has 124 valence electrons. The zero-order valence-corrected chi connectivity index (χ0v) is 13.6. The summed E-state index contributed by atoms with van der Waals surface area (Å²) in [6.45, 7) is 0.434. The maximum absolute atomic E-state index is 12.7. The van der Waals surface area contributed by atoms with Crippen LogP contribution >= 0.6 is 0 Å². The average molecular weight is 346 g/mol. The van der Waals surface area contributed by atoms with Crippen LogP contribution in [0, 0.1) is 10.1 Å². The van der Waals surface area contributed by atoms with E-state index in [9.17, 15) is 23.3 Å². The molecule has 1 aliphatic rings. The minimum atomic E-state index is -3.33. The molecule has 1 amide bonds. The van der Waals surface area contributed by atoms with E-state index in [1.165, 1.54) is 41.3 Å². The van der Waals surface area contributed by atoms with Crippen LogP contribution in [0.3, 0.4) is 0 Å². The smallest absolute Gasteiger partial charge is 0.271 e. The molecule has 0 atom stereocenters. The number of anilines is 1. The van der Waals surface area contributed by atoms with E-state index >= 15 is 0 Å². The molecule has 0 saturated carbocycles. The Labute approximate surface area is 138 Å². The normalized spacial score (nSPS) is 13.6. The third-order valence-electron chi connectivity index (χ3n) is 3.95. The first kappa shape index (κ1) is 16.1. The van der Waals surface area contributed by atoms with Crippen LogP contribution in [0.15, 0.2) is 47.4 Å². The fourth-order valence-corrected chi connectivity index (χ4v) is 3.32. The minimum Gasteiger partial charge on any atom is -0.308 e. The van der Waals surface area contributed by atoms with Crippen LogP contribution < -0.4 is 4.90 Å². The lowest BCUT2D eigenvalue weighted by atomic mass is 10.1. The van der Waals surface area contributed by atoms with Gasteiger partial charge in [-0.05, 0) is 36.2 Å². The molecule has 7 nitrogen and oxygen atoms in total. The molecule has 8 heteroatoms. The molecule has 1 aliphatic heterocycles. The van der Waals surface area contributed by atoms with Gasteiger partial charge in [0.15, 0.2) is 9.84 Å². The number of rotatable bonds is 3. The highest BCUT2D eigenvalue weighted by atomic mass is 32.2. The average Bonchev–Trinajstić information content (AvgIpc) is 2.96. The van der Waals surface area contributed by atoms with E-state index < -0.39 is 14.8 Å². The molecule has 0 aliphatic carbocycles. The molecular formula is C16H14N2O5S. The summed E-state index contributed by atoms with van der Waals surface area (Å²) in [7, 11) is -3.33. The molecule has 24 heavy (non-hydrogen) atoms. The lowest BCUT2D eigenvalue weighted by Crippen LogP contribution is -2.28. The molecule has 0 unspecified atom stereocenters. The highest BCUT2D eigenvalue weighted by Crippen LogP contribution is 2.32. The Hall–Kier alpha value is -2.74. The molecule has 1 heterocycles. The van der Waals surface area contributed by atoms with Gasteiger partial charge in [0.05, 0.1) is 15.5 Å². The van der Waals surface area contributed by atoms with Gasteiger partial charge in [0.25, 0.3) is 11.6 Å². The van der Waals surface area contributed by atoms with E-state index in [0.29, 0.717) is 24.2 Å². The number of hydrogen-bond donors (Lipinski definition) is 0. The second-order valence-corrected chi connectivity index (χ2v) is 7.59. The second kappa shape index (κ2) is 5.72. The molecule has 2 aromatic rings. The number of carbonyl (C=O) groups excluding carboxylic acids is 1. The summed E-state index contributed by atoms with van der Waals surface area (Å²) in [5, 5.41) is 10.9. The van der Waals surface area contributed by atoms with Gasteiger partial charge in [-0.3, -0.25) is 14.9 Å². The number of nitro benzene ring substituents is 1. The highest BCUT2D eigenvalue weighted by molar-refractivity contribution is 7.90. The molecule has 0 spiro atoms. The van der Waals surface area contributed by atoms with Gasteiger partial charge in [-0.25, -0.2) is 8.42 Å². The van der Waals surface area contributed by atoms with Crippen molar-refractivity contribution in [1.29, 1.82) is 0 Å². The largest absolute Gasteiger partial charge is 0.308 e. The Bertz CT molecular complexity index is 935. The third-order valence-corrected chi connectivity index (χ3v) is 5.08. The number of carbonyl (C=O) groups is 1. The third kappa shape index (κ3) is 2.88. The van der Waals surface area contributed by atoms with Crippen LogP contribution in [0.5, 0.6) is 0 Å². The summed E-state index contributed by atoms with van der Waals surface area (Å²) >= 11 is 0. The molecule has 0 aromatic heterocycles. The number of amides is 1. The lowest BCUT2D eigenvalue weighted by Gasteiger charge is -2.17. The maximum atomic E-state index is 12.7. The summed E-state index contributed by atoms with van der Waals surface area (Å²) in [6, 6.07) is 10.1. The molecule has 0 bridgehead atoms. The van der Waals surface area contributed by atoms with Crippen molar-refractivity contribution >= 4 is 27.1 Å². The second-order valence-electron chi connectivity index (χ2n) is 5.57. The van der Waals surface area contributed by atoms with Crippen LogP contribution in [0.25, 0.3) is 0 Å². The van der Waals surface area contributed by atoms with Gasteiger partial charge in [-0.15, -0.1) is 0 Å². The van der Waals surface area contributed by atoms with Crippen LogP contribution in [-0.4, -0.2) is 32.0 Å². The lowest BCUT2D eigenvalue weighted by molar-refractivity contribution is -0.384. The fraction of sp³-hybridized carbons (Fsp3) is 0.188. The summed E-state index contributed by atoms with van der Waals surface area (Å²) in [5.74, 6) is -0.311. The Kier molecular flexibility index (Phi) is 3.84. The van der Waals surface area contributed by atoms with Gasteiger partial charge < -0.3 is 4.90 Å². The topological polar surface area (TPSA) is 97.6 Å². The van der Waals surface area contributed by atoms with Gasteiger partial charge in [0.2, 0.25) is 0 Å². The van der Waals surface area contributed by atoms with Gasteiger partial charge in [0, 0.05) is 30.5 Å².